The maximum atomic E-state index is 13.6. The lowest BCUT2D eigenvalue weighted by atomic mass is 9.89. The van der Waals surface area contributed by atoms with Crippen molar-refractivity contribution < 1.29 is 13.9 Å². The normalized spacial score (nSPS) is 21.4. The van der Waals surface area contributed by atoms with E-state index in [-0.39, 0.29) is 24.0 Å². The van der Waals surface area contributed by atoms with Gasteiger partial charge in [-0.15, -0.1) is 0 Å². The topological polar surface area (TPSA) is 50.4 Å². The van der Waals surface area contributed by atoms with E-state index < -0.39 is 5.82 Å². The first-order valence-corrected chi connectivity index (χ1v) is 6.93. The van der Waals surface area contributed by atoms with Crippen molar-refractivity contribution in [2.75, 3.05) is 13.7 Å². The van der Waals surface area contributed by atoms with Crippen LogP contribution in [0.25, 0.3) is 0 Å². The molecule has 2 N–H and O–H groups in total. The van der Waals surface area contributed by atoms with Gasteiger partial charge in [0.15, 0.2) is 0 Å². The second kappa shape index (κ2) is 7.02. The average Bonchev–Trinajstić information content (AvgIpc) is 2.39. The molecule has 0 aromatic heterocycles. The minimum atomic E-state index is -0.482. The van der Waals surface area contributed by atoms with Crippen LogP contribution >= 0.6 is 11.6 Å². The SMILES string of the molecule is COC1CC(NCC(=O)NCc2cccc(Cl)c2F)C1. The van der Waals surface area contributed by atoms with Gasteiger partial charge in [-0.2, -0.15) is 0 Å². The van der Waals surface area contributed by atoms with E-state index in [0.29, 0.717) is 17.7 Å². The Labute approximate surface area is 122 Å². The number of benzene rings is 1. The Morgan fingerprint density at radius 3 is 2.95 bits per heavy atom. The molecule has 0 spiro atoms. The maximum absolute atomic E-state index is 13.6. The molecule has 1 aliphatic carbocycles. The summed E-state index contributed by atoms with van der Waals surface area (Å²) in [6.45, 7) is 0.363. The Morgan fingerprint density at radius 1 is 1.50 bits per heavy atom. The summed E-state index contributed by atoms with van der Waals surface area (Å²) in [4.78, 5) is 11.6. The molecule has 0 unspecified atom stereocenters. The molecule has 0 atom stereocenters. The van der Waals surface area contributed by atoms with Crippen molar-refractivity contribution in [3.63, 3.8) is 0 Å². The fourth-order valence-electron chi connectivity index (χ4n) is 2.10. The molecular weight excluding hydrogens is 283 g/mol. The van der Waals surface area contributed by atoms with E-state index in [2.05, 4.69) is 10.6 Å². The van der Waals surface area contributed by atoms with Crippen molar-refractivity contribution in [1.29, 1.82) is 0 Å². The Balaban J connectivity index is 1.69. The van der Waals surface area contributed by atoms with Crippen LogP contribution in [0.3, 0.4) is 0 Å². The van der Waals surface area contributed by atoms with Gasteiger partial charge in [0.25, 0.3) is 0 Å². The summed E-state index contributed by atoms with van der Waals surface area (Å²) in [5.74, 6) is -0.644. The van der Waals surface area contributed by atoms with Crippen molar-refractivity contribution in [2.45, 2.75) is 31.5 Å². The van der Waals surface area contributed by atoms with Gasteiger partial charge < -0.3 is 15.4 Å². The van der Waals surface area contributed by atoms with Crippen LogP contribution in [0, 0.1) is 5.82 Å². The van der Waals surface area contributed by atoms with E-state index >= 15 is 0 Å². The predicted octanol–water partition coefficient (Wildman–Crippen LogP) is 1.86. The van der Waals surface area contributed by atoms with Gasteiger partial charge in [-0.1, -0.05) is 23.7 Å². The van der Waals surface area contributed by atoms with Crippen LogP contribution in [0.5, 0.6) is 0 Å². The smallest absolute Gasteiger partial charge is 0.234 e. The first-order chi connectivity index (χ1) is 9.60. The lowest BCUT2D eigenvalue weighted by Gasteiger charge is -2.34. The predicted molar refractivity (Wildman–Crippen MR) is 75.1 cm³/mol. The zero-order chi connectivity index (χ0) is 14.5. The minimum absolute atomic E-state index is 0.0648. The molecule has 1 saturated carbocycles. The van der Waals surface area contributed by atoms with Crippen molar-refractivity contribution in [3.05, 3.63) is 34.6 Å². The van der Waals surface area contributed by atoms with Gasteiger partial charge in [-0.25, -0.2) is 4.39 Å². The Morgan fingerprint density at radius 2 is 2.25 bits per heavy atom. The molecule has 0 radical (unpaired) electrons. The molecule has 1 fully saturated rings. The lowest BCUT2D eigenvalue weighted by molar-refractivity contribution is -0.120. The number of carbonyl (C=O) groups is 1. The zero-order valence-corrected chi connectivity index (χ0v) is 12.0. The van der Waals surface area contributed by atoms with Gasteiger partial charge in [0.1, 0.15) is 5.82 Å². The van der Waals surface area contributed by atoms with Gasteiger partial charge in [0.2, 0.25) is 5.91 Å². The third-order valence-corrected chi connectivity index (χ3v) is 3.78. The van der Waals surface area contributed by atoms with E-state index in [4.69, 9.17) is 16.3 Å². The fraction of sp³-hybridized carbons (Fsp3) is 0.500. The molecule has 6 heteroatoms. The van der Waals surface area contributed by atoms with Gasteiger partial charge in [0, 0.05) is 25.3 Å². The maximum Gasteiger partial charge on any atom is 0.234 e. The van der Waals surface area contributed by atoms with Gasteiger partial charge in [-0.05, 0) is 18.9 Å². The number of amides is 1. The third kappa shape index (κ3) is 3.91. The number of hydrogen-bond donors (Lipinski definition) is 2. The molecule has 0 saturated heterocycles. The number of halogens is 2. The van der Waals surface area contributed by atoms with Crippen molar-refractivity contribution in [3.8, 4) is 0 Å². The first-order valence-electron chi connectivity index (χ1n) is 6.56. The molecule has 20 heavy (non-hydrogen) atoms. The van der Waals surface area contributed by atoms with E-state index in [1.54, 1.807) is 19.2 Å². The van der Waals surface area contributed by atoms with Crippen LogP contribution in [0.2, 0.25) is 5.02 Å². The minimum Gasteiger partial charge on any atom is -0.381 e. The third-order valence-electron chi connectivity index (χ3n) is 3.49. The van der Waals surface area contributed by atoms with E-state index in [1.807, 2.05) is 0 Å². The summed E-state index contributed by atoms with van der Waals surface area (Å²) >= 11 is 5.67. The van der Waals surface area contributed by atoms with E-state index in [1.165, 1.54) is 6.07 Å². The number of carbonyl (C=O) groups excluding carboxylic acids is 1. The largest absolute Gasteiger partial charge is 0.381 e. The van der Waals surface area contributed by atoms with Crippen LogP contribution in [-0.2, 0) is 16.1 Å². The summed E-state index contributed by atoms with van der Waals surface area (Å²) in [5, 5.41) is 5.86. The summed E-state index contributed by atoms with van der Waals surface area (Å²) in [6, 6.07) is 5.06. The van der Waals surface area contributed by atoms with E-state index in [0.717, 1.165) is 12.8 Å². The Bertz CT molecular complexity index is 478. The first kappa shape index (κ1) is 15.2. The highest BCUT2D eigenvalue weighted by atomic mass is 35.5. The molecule has 0 aliphatic heterocycles. The highest BCUT2D eigenvalue weighted by molar-refractivity contribution is 6.30. The molecule has 1 amide bonds. The van der Waals surface area contributed by atoms with Crippen molar-refractivity contribution in [1.82, 2.24) is 10.6 Å². The number of ether oxygens (including phenoxy) is 1. The standard InChI is InChI=1S/C14H18ClFN2O2/c1-20-11-5-10(6-11)17-8-13(19)18-7-9-3-2-4-12(15)14(9)16/h2-4,10-11,17H,5-8H2,1H3,(H,18,19). The molecule has 2 rings (SSSR count). The summed E-state index contributed by atoms with van der Waals surface area (Å²) in [5.41, 5.74) is 0.383. The Kier molecular flexibility index (Phi) is 5.34. The second-order valence-electron chi connectivity index (χ2n) is 4.90. The van der Waals surface area contributed by atoms with Crippen LogP contribution < -0.4 is 10.6 Å². The quantitative estimate of drug-likeness (QED) is 0.843. The molecule has 1 aliphatic rings. The molecule has 4 nitrogen and oxygen atoms in total. The highest BCUT2D eigenvalue weighted by Gasteiger charge is 2.28. The number of hydrogen-bond acceptors (Lipinski definition) is 3. The van der Waals surface area contributed by atoms with Gasteiger partial charge >= 0.3 is 0 Å². The van der Waals surface area contributed by atoms with Crippen LogP contribution in [-0.4, -0.2) is 31.7 Å². The fourth-order valence-corrected chi connectivity index (χ4v) is 2.30. The lowest BCUT2D eigenvalue weighted by Crippen LogP contribution is -2.48. The molecular formula is C14H18ClFN2O2. The van der Waals surface area contributed by atoms with Crippen molar-refractivity contribution in [2.24, 2.45) is 0 Å². The van der Waals surface area contributed by atoms with Crippen molar-refractivity contribution >= 4 is 17.5 Å². The zero-order valence-electron chi connectivity index (χ0n) is 11.3. The molecule has 1 aromatic rings. The average molecular weight is 301 g/mol. The van der Waals surface area contributed by atoms with Crippen LogP contribution in [0.15, 0.2) is 18.2 Å². The van der Waals surface area contributed by atoms with Gasteiger partial charge in [0.05, 0.1) is 17.7 Å². The number of rotatable bonds is 6. The molecule has 0 heterocycles. The summed E-state index contributed by atoms with van der Waals surface area (Å²) < 4.78 is 18.8. The second-order valence-corrected chi connectivity index (χ2v) is 5.30. The Hall–Kier alpha value is -1.17. The van der Waals surface area contributed by atoms with Crippen LogP contribution in [0.4, 0.5) is 4.39 Å². The molecule has 0 bridgehead atoms. The number of methoxy groups -OCH3 is 1. The number of nitrogens with one attached hydrogen (secondary N) is 2. The summed E-state index contributed by atoms with van der Waals surface area (Å²) in [7, 11) is 1.69. The molecule has 110 valence electrons. The molecule has 1 aromatic carbocycles. The highest BCUT2D eigenvalue weighted by Crippen LogP contribution is 2.22. The van der Waals surface area contributed by atoms with Crippen LogP contribution in [0.1, 0.15) is 18.4 Å². The van der Waals surface area contributed by atoms with Gasteiger partial charge in [-0.3, -0.25) is 4.79 Å². The summed E-state index contributed by atoms with van der Waals surface area (Å²) in [6.07, 6.45) is 2.15. The van der Waals surface area contributed by atoms with E-state index in [9.17, 15) is 9.18 Å². The monoisotopic (exact) mass is 300 g/mol.